The number of hydrogen-bond acceptors (Lipinski definition) is 8. The number of carboxylic acid groups (broad SMARTS) is 4. The topological polar surface area (TPSA) is 271 Å². The molecule has 0 saturated carbocycles. The average Bonchev–Trinajstić information content (AvgIpc) is 2.48. The number of carbonyl (C=O) groups is 4. The first-order valence-corrected chi connectivity index (χ1v) is 11.5. The minimum absolute atomic E-state index is 0.471. The highest BCUT2D eigenvalue weighted by Crippen LogP contribution is 2.40. The van der Waals surface area contributed by atoms with E-state index < -0.39 is 89.7 Å². The first kappa shape index (κ1) is 28.1. The molecule has 0 amide bonds. The Balaban J connectivity index is 5.96. The molecule has 0 aromatic carbocycles. The zero-order chi connectivity index (χ0) is 23.9. The van der Waals surface area contributed by atoms with Crippen molar-refractivity contribution in [1.82, 2.24) is 9.80 Å². The molecule has 0 saturated heterocycles. The Bertz CT molecular complexity index is 687. The lowest BCUT2D eigenvalue weighted by molar-refractivity contribution is -0.158. The average molecular weight is 480 g/mol. The van der Waals surface area contributed by atoms with Crippen LogP contribution in [0.3, 0.4) is 0 Å². The third-order valence-corrected chi connectivity index (χ3v) is 5.09. The molecule has 174 valence electrons. The van der Waals surface area contributed by atoms with E-state index in [4.69, 9.17) is 29.8 Å². The molecule has 30 heavy (non-hydrogen) atoms. The lowest BCUT2D eigenvalue weighted by atomic mass is 10.1. The Kier molecular flexibility index (Phi) is 10.8. The summed E-state index contributed by atoms with van der Waals surface area (Å²) in [6, 6.07) is -4.09. The molecule has 0 heterocycles. The van der Waals surface area contributed by atoms with Crippen molar-refractivity contribution in [1.29, 1.82) is 0 Å². The Labute approximate surface area is 168 Å². The third-order valence-electron chi connectivity index (χ3n) is 3.55. The Morgan fingerprint density at radius 1 is 0.667 bits per heavy atom. The summed E-state index contributed by atoms with van der Waals surface area (Å²) in [7, 11) is -9.71. The van der Waals surface area contributed by atoms with Crippen LogP contribution in [0.25, 0.3) is 0 Å². The summed E-state index contributed by atoms with van der Waals surface area (Å²) in [5.74, 6) is -6.94. The first-order valence-electron chi connectivity index (χ1n) is 7.89. The van der Waals surface area contributed by atoms with Gasteiger partial charge >= 0.3 is 39.1 Å². The maximum atomic E-state index is 11.5. The standard InChI is InChI=1S/C12H22N2O14P2/c15-9(16)3-7(11(19)20)14(8(12(21)22)4-10(17)18)2-1-13(5-29(23,24)25)6-30(26,27)28/h7-8H,1-6H2,(H,15,16)(H,17,18)(H,19,20)(H,21,22)(H2,23,24,25)(H2,26,27,28). The third kappa shape index (κ3) is 11.9. The largest absolute Gasteiger partial charge is 0.481 e. The predicted octanol–water partition coefficient (Wildman–Crippen LogP) is -2.28. The van der Waals surface area contributed by atoms with E-state index in [1.807, 2.05) is 0 Å². The van der Waals surface area contributed by atoms with Crippen LogP contribution in [-0.4, -0.2) is 111 Å². The number of carboxylic acids is 4. The SMILES string of the molecule is O=C(O)CC(C(=O)O)N(CCN(CP(=O)(O)O)CP(=O)(O)O)C(CC(=O)O)C(=O)O. The van der Waals surface area contributed by atoms with Gasteiger partial charge in [-0.05, 0) is 0 Å². The summed E-state index contributed by atoms with van der Waals surface area (Å²) >= 11 is 0. The number of hydrogen-bond donors (Lipinski definition) is 8. The fourth-order valence-electron chi connectivity index (χ4n) is 2.52. The second-order valence-corrected chi connectivity index (χ2v) is 9.37. The van der Waals surface area contributed by atoms with Gasteiger partial charge in [-0.3, -0.25) is 38.1 Å². The van der Waals surface area contributed by atoms with E-state index in [0.717, 1.165) is 0 Å². The maximum Gasteiger partial charge on any atom is 0.339 e. The molecule has 18 heteroatoms. The molecule has 0 fully saturated rings. The zero-order valence-electron chi connectivity index (χ0n) is 15.2. The van der Waals surface area contributed by atoms with Gasteiger partial charge in [0.2, 0.25) is 0 Å². The fourth-order valence-corrected chi connectivity index (χ4v) is 4.20. The molecule has 0 aromatic rings. The number of aliphatic carboxylic acids is 4. The maximum absolute atomic E-state index is 11.5. The van der Waals surface area contributed by atoms with E-state index in [1.165, 1.54) is 0 Å². The summed E-state index contributed by atoms with van der Waals surface area (Å²) in [6.45, 7) is -1.50. The van der Waals surface area contributed by atoms with Crippen molar-refractivity contribution in [2.45, 2.75) is 24.9 Å². The molecule has 0 aliphatic heterocycles. The molecule has 0 aromatic heterocycles. The molecular formula is C12H22N2O14P2. The van der Waals surface area contributed by atoms with Crippen molar-refractivity contribution in [3.8, 4) is 0 Å². The van der Waals surface area contributed by atoms with Gasteiger partial charge in [-0.25, -0.2) is 0 Å². The summed E-state index contributed by atoms with van der Waals surface area (Å²) in [4.78, 5) is 82.1. The van der Waals surface area contributed by atoms with E-state index in [1.54, 1.807) is 0 Å². The van der Waals surface area contributed by atoms with E-state index >= 15 is 0 Å². The van der Waals surface area contributed by atoms with Gasteiger partial charge in [0.1, 0.15) is 24.7 Å². The summed E-state index contributed by atoms with van der Waals surface area (Å²) in [5, 5.41) is 36.4. The van der Waals surface area contributed by atoms with Crippen LogP contribution in [0, 0.1) is 0 Å². The molecule has 0 bridgehead atoms. The van der Waals surface area contributed by atoms with Crippen molar-refractivity contribution in [2.75, 3.05) is 25.7 Å². The molecular weight excluding hydrogens is 458 g/mol. The van der Waals surface area contributed by atoms with Crippen LogP contribution in [0.15, 0.2) is 0 Å². The molecule has 16 nitrogen and oxygen atoms in total. The van der Waals surface area contributed by atoms with Gasteiger partial charge in [0, 0.05) is 13.1 Å². The van der Waals surface area contributed by atoms with Gasteiger partial charge < -0.3 is 40.0 Å². The van der Waals surface area contributed by atoms with E-state index in [9.17, 15) is 38.5 Å². The molecule has 0 aliphatic carbocycles. The first-order chi connectivity index (χ1) is 13.4. The van der Waals surface area contributed by atoms with Crippen molar-refractivity contribution < 1.29 is 68.3 Å². The van der Waals surface area contributed by atoms with Crippen LogP contribution >= 0.6 is 15.2 Å². The highest BCUT2D eigenvalue weighted by atomic mass is 31.2. The molecule has 0 rings (SSSR count). The lowest BCUT2D eigenvalue weighted by Crippen LogP contribution is -2.54. The minimum Gasteiger partial charge on any atom is -0.481 e. The smallest absolute Gasteiger partial charge is 0.339 e. The quantitative estimate of drug-likeness (QED) is 0.115. The van der Waals surface area contributed by atoms with E-state index in [0.29, 0.717) is 9.80 Å². The van der Waals surface area contributed by atoms with Gasteiger partial charge in [0.05, 0.1) is 12.8 Å². The second kappa shape index (κ2) is 11.5. The molecule has 2 unspecified atom stereocenters. The number of nitrogens with zero attached hydrogens (tertiary/aromatic N) is 2. The van der Waals surface area contributed by atoms with Crippen LogP contribution in [0.5, 0.6) is 0 Å². The highest BCUT2D eigenvalue weighted by Gasteiger charge is 2.38. The fraction of sp³-hybridized carbons (Fsp3) is 0.667. The van der Waals surface area contributed by atoms with Crippen LogP contribution in [-0.2, 0) is 28.3 Å². The Hall–Kier alpha value is -1.90. The number of rotatable bonds is 15. The minimum atomic E-state index is -4.86. The molecule has 0 aliphatic rings. The Morgan fingerprint density at radius 2 is 1.00 bits per heavy atom. The van der Waals surface area contributed by atoms with Crippen molar-refractivity contribution in [3.05, 3.63) is 0 Å². The molecule has 8 N–H and O–H groups in total. The predicted molar refractivity (Wildman–Crippen MR) is 94.6 cm³/mol. The van der Waals surface area contributed by atoms with Gasteiger partial charge in [-0.1, -0.05) is 0 Å². The van der Waals surface area contributed by atoms with Crippen LogP contribution in [0.4, 0.5) is 0 Å². The summed E-state index contributed by atoms with van der Waals surface area (Å²) in [5.41, 5.74) is 0. The van der Waals surface area contributed by atoms with Crippen molar-refractivity contribution in [2.24, 2.45) is 0 Å². The lowest BCUT2D eigenvalue weighted by Gasteiger charge is -2.34. The molecule has 2 atom stereocenters. The zero-order valence-corrected chi connectivity index (χ0v) is 17.0. The van der Waals surface area contributed by atoms with E-state index in [2.05, 4.69) is 0 Å². The van der Waals surface area contributed by atoms with Gasteiger partial charge in [0.25, 0.3) is 0 Å². The van der Waals surface area contributed by atoms with Gasteiger partial charge in [-0.15, -0.1) is 0 Å². The van der Waals surface area contributed by atoms with E-state index in [-0.39, 0.29) is 0 Å². The molecule has 0 spiro atoms. The van der Waals surface area contributed by atoms with Crippen LogP contribution < -0.4 is 0 Å². The highest BCUT2D eigenvalue weighted by molar-refractivity contribution is 7.52. The van der Waals surface area contributed by atoms with Crippen molar-refractivity contribution in [3.63, 3.8) is 0 Å². The van der Waals surface area contributed by atoms with Crippen LogP contribution in [0.1, 0.15) is 12.8 Å². The normalized spacial score (nSPS) is 14.5. The van der Waals surface area contributed by atoms with Crippen LogP contribution in [0.2, 0.25) is 0 Å². The van der Waals surface area contributed by atoms with Gasteiger partial charge in [0.15, 0.2) is 0 Å². The molecule has 0 radical (unpaired) electrons. The summed E-state index contributed by atoms with van der Waals surface area (Å²) in [6.07, 6.45) is -4.65. The monoisotopic (exact) mass is 480 g/mol. The second-order valence-electron chi connectivity index (χ2n) is 6.15. The van der Waals surface area contributed by atoms with Gasteiger partial charge in [-0.2, -0.15) is 0 Å². The van der Waals surface area contributed by atoms with Crippen molar-refractivity contribution >= 4 is 39.1 Å². The Morgan fingerprint density at radius 3 is 1.23 bits per heavy atom. The summed E-state index contributed by atoms with van der Waals surface area (Å²) < 4.78 is 22.4.